The molecule has 9 saturated heterocycles. The lowest BCUT2D eigenvalue weighted by atomic mass is 10.1. The summed E-state index contributed by atoms with van der Waals surface area (Å²) < 4.78 is 176. The summed E-state index contributed by atoms with van der Waals surface area (Å²) in [5, 5.41) is 34.2. The zero-order chi connectivity index (χ0) is 99.2. The van der Waals surface area contributed by atoms with Gasteiger partial charge in [-0.15, -0.1) is 0 Å². The molecule has 9 fully saturated rings. The third kappa shape index (κ3) is 18.4. The summed E-state index contributed by atoms with van der Waals surface area (Å²) in [5.41, 5.74) is 14.5. The molecule has 0 saturated carbocycles. The number of thiol groups is 1. The first-order valence-electron chi connectivity index (χ1n) is 41.1. The largest absolute Gasteiger partial charge is 0.386 e. The second-order valence-corrected chi connectivity index (χ2v) is 49.1. The van der Waals surface area contributed by atoms with E-state index < -0.39 is 261 Å². The average molecular weight is 2200 g/mol. The number of alkyl halides is 3. The maximum atomic E-state index is 15.9. The number of hydrogen-bond donors (Lipinski definition) is 17. The fourth-order valence-electron chi connectivity index (χ4n) is 17.4. The molecule has 754 valence electrons. The van der Waals surface area contributed by atoms with Crippen molar-refractivity contribution in [1.29, 1.82) is 0 Å². The first-order valence-corrected chi connectivity index (χ1v) is 56.7. The first-order chi connectivity index (χ1) is 66.9. The van der Waals surface area contributed by atoms with Gasteiger partial charge in [-0.05, 0) is 83.3 Å². The topological polar surface area (TPSA) is 763 Å². The monoisotopic (exact) mass is 2200 g/mol. The number of aliphatic hydroxyl groups excluding tert-OH is 3. The second-order valence-electron chi connectivity index (χ2n) is 32.3. The van der Waals surface area contributed by atoms with Gasteiger partial charge in [0.1, 0.15) is 103 Å². The van der Waals surface area contributed by atoms with Crippen LogP contribution in [0, 0.1) is 0 Å². The Morgan fingerprint density at radius 2 is 0.674 bits per heavy atom. The Hall–Kier alpha value is -8.63. The molecule has 59 nitrogen and oxygen atoms in total. The van der Waals surface area contributed by atoms with E-state index in [-0.39, 0.29) is 79.4 Å². The van der Waals surface area contributed by atoms with E-state index in [0.29, 0.717) is 11.3 Å². The van der Waals surface area contributed by atoms with Crippen LogP contribution < -0.4 is 50.6 Å². The zero-order valence-corrected chi connectivity index (χ0v) is 80.5. The van der Waals surface area contributed by atoms with Crippen molar-refractivity contribution in [3.05, 3.63) is 155 Å². The standard InChI is InChI=1S/2C23H24FN9O11P2S2.C21H23FN8O11P2S2/c2*24-11-8-4-39-45(37,47)43-15-9(42-21(14(15)34)33-7-27-13-19(36)28-10-2-1-3-31(10)20(13)33)5-40-46(38,48)44-16(11)22(41-8)32-6-26-12-17(32)29-23(25)30-18(12)35;22-11-8-5-36-42(34,44)40-14-9(39-18(13(14)32)29-3-1-10(31)28-4-2-24-21(28)29)6-37-43(35,45)41-15(11)19(38-8)30-7-25-12-16(30)26-20(23)27-17(12)33/h2*1-3,6-9,11,14-16,21-22,34H,4-5H2,(H,28,36)(H,37,47)(H,38,48)(H3,25,29,30,35);1-4,7-9,11,13-15,18-19,32H,5-6H2,(H,34,44)(H,35,45)(H3,23,26,27,33)/t2*8-,9-,11-,14-,15-,16-,21-,22-,45?,46?;8-,9-,11-,13-,14-,15-,18-,19-,42?,43?/m111/s1. The van der Waals surface area contributed by atoms with Crippen LogP contribution in [0.25, 0.3) is 72.9 Å². The van der Waals surface area contributed by atoms with Crippen LogP contribution in [-0.2, 0) is 146 Å². The quantitative estimate of drug-likeness (QED) is 0.0676. The minimum atomic E-state index is -4.46. The Balaban J connectivity index is 0.000000125. The lowest BCUT2D eigenvalue weighted by molar-refractivity contribution is -0.0605. The first kappa shape index (κ1) is 98.4. The number of aromatic amines is 5. The number of halogens is 3. The van der Waals surface area contributed by atoms with Crippen molar-refractivity contribution in [2.45, 2.75) is 147 Å². The molecule has 0 amide bonds. The van der Waals surface area contributed by atoms with Gasteiger partial charge in [-0.3, -0.25) is 116 Å². The summed E-state index contributed by atoms with van der Waals surface area (Å²) in [5.74, 6) is -0.649. The molecule has 9 aliphatic rings. The summed E-state index contributed by atoms with van der Waals surface area (Å²) >= 11 is 30.1. The molecule has 14 aromatic rings. The number of nitrogens with zero attached hydrogens (tertiary/aromatic N) is 18. The van der Waals surface area contributed by atoms with Crippen LogP contribution in [0.1, 0.15) is 37.4 Å². The molecule has 0 aromatic carbocycles. The number of rotatable bonds is 6. The Morgan fingerprint density at radius 1 is 0.369 bits per heavy atom. The molecule has 74 heteroatoms. The highest BCUT2D eigenvalue weighted by molar-refractivity contribution is 8.44. The number of hydrogen-bond acceptors (Lipinski definition) is 45. The van der Waals surface area contributed by atoms with Crippen LogP contribution >= 0.6 is 52.6 Å². The number of fused-ring (bicyclic) bond motifs is 19. The number of aromatic nitrogens is 23. The highest BCUT2D eigenvalue weighted by Crippen LogP contribution is 2.61. The van der Waals surface area contributed by atoms with Gasteiger partial charge in [0.25, 0.3) is 33.4 Å². The Kier molecular flexibility index (Phi) is 25.9. The van der Waals surface area contributed by atoms with E-state index >= 15 is 13.2 Å². The third-order valence-corrected chi connectivity index (χ3v) is 32.9. The van der Waals surface area contributed by atoms with Gasteiger partial charge in [0.2, 0.25) is 23.6 Å². The maximum absolute atomic E-state index is 15.9. The average Bonchev–Trinajstić information content (AvgIpc) is 1.30. The van der Waals surface area contributed by atoms with Crippen LogP contribution in [-0.4, -0.2) is 300 Å². The van der Waals surface area contributed by atoms with Crippen LogP contribution in [0.3, 0.4) is 0 Å². The Morgan fingerprint density at radius 3 is 1.04 bits per heavy atom. The van der Waals surface area contributed by atoms with Crippen molar-refractivity contribution in [2.75, 3.05) is 56.8 Å². The van der Waals surface area contributed by atoms with Crippen LogP contribution in [0.4, 0.5) is 31.0 Å². The molecule has 23 rings (SSSR count). The van der Waals surface area contributed by atoms with E-state index in [1.54, 1.807) is 45.5 Å². The summed E-state index contributed by atoms with van der Waals surface area (Å²) in [6, 6.07) is 7.92. The van der Waals surface area contributed by atoms with Crippen LogP contribution in [0.2, 0.25) is 0 Å². The van der Waals surface area contributed by atoms with Gasteiger partial charge in [-0.2, -0.15) is 15.0 Å². The van der Waals surface area contributed by atoms with Gasteiger partial charge in [0, 0.05) is 37.1 Å². The number of aliphatic hydroxyl groups is 3. The number of ether oxygens (including phenoxy) is 6. The van der Waals surface area contributed by atoms with Crippen molar-refractivity contribution in [1.82, 2.24) is 110 Å². The van der Waals surface area contributed by atoms with Gasteiger partial charge in [0.15, 0.2) is 112 Å². The minimum absolute atomic E-state index is 0.0441. The van der Waals surface area contributed by atoms with E-state index in [9.17, 15) is 73.1 Å². The van der Waals surface area contributed by atoms with Gasteiger partial charge >= 0.3 is 40.4 Å². The molecular formula is C67H71F3N26O33P6S6. The molecule has 0 aliphatic carbocycles. The lowest BCUT2D eigenvalue weighted by Crippen LogP contribution is -2.36. The van der Waals surface area contributed by atoms with Crippen molar-refractivity contribution in [3.63, 3.8) is 0 Å². The fraction of sp³-hybridized carbons (Fsp3) is 0.448. The smallest absolute Gasteiger partial charge is 0.386 e. The summed E-state index contributed by atoms with van der Waals surface area (Å²) in [6.45, 7) is -29.8. The SMILES string of the molecule is Nc1nc2c(ncn2[C@@H]2O[C@@H]3COP(O)(=S)O[C@H]4[C@@H](O)[C@H](n5ccc(=O)n6ccnc56)O[C@@H]4COP(=O)(S)O[C@@H]2[C@@H]3F)c(=O)[nH]1.Nc1nc2c(ncn2[C@@H]2O[C@@H]3COP(O)(=S)O[C@H]4[C@@H](O)[C@H](n5cnc6c(=O)[nH]c7cccn7c65)O[C@@H]4COP(O)(=S)O[C@@H]2[C@@H]3F)c(=O)[nH]1.Nc1nc2c(ncn2[C@@H]2O[C@@H]3COP(O)(=S)O[C@H]4[C@@H](O)[C@H](n5cnc6c(=O)[nH]c7cccn7c65)O[C@@H]4COP(O)(=S)O[C@@H]2[C@@H]3F)c(=O)[nH]1. The molecular weight excluding hydrogens is 2130 g/mol. The predicted octanol–water partition coefficient (Wildman–Crippen LogP) is -1.35. The number of nitrogen functional groups attached to an aromatic ring is 3. The van der Waals surface area contributed by atoms with Crippen molar-refractivity contribution >= 4 is 202 Å². The molecule has 6 unspecified atom stereocenters. The van der Waals surface area contributed by atoms with E-state index in [2.05, 4.69) is 82.0 Å². The lowest BCUT2D eigenvalue weighted by Gasteiger charge is -2.28. The Labute approximate surface area is 807 Å². The molecule has 0 radical (unpaired) electrons. The summed E-state index contributed by atoms with van der Waals surface area (Å²) in [6.07, 6.45) is -23.3. The molecule has 19 N–H and O–H groups in total. The number of H-pyrrole nitrogens is 5. The van der Waals surface area contributed by atoms with Gasteiger partial charge in [-0.1, -0.05) is 12.2 Å². The Bertz CT molecular complexity index is 7730. The van der Waals surface area contributed by atoms with Crippen molar-refractivity contribution in [3.8, 4) is 0 Å². The maximum Gasteiger partial charge on any atom is 0.386 e. The summed E-state index contributed by atoms with van der Waals surface area (Å²) in [7, 11) is 0. The highest BCUT2D eigenvalue weighted by Gasteiger charge is 2.59. The molecule has 141 heavy (non-hydrogen) atoms. The van der Waals surface area contributed by atoms with E-state index in [0.717, 1.165) is 23.5 Å². The molecule has 9 aliphatic heterocycles. The molecule has 23 heterocycles. The van der Waals surface area contributed by atoms with Crippen LogP contribution in [0.15, 0.2) is 122 Å². The fourth-order valence-corrected chi connectivity index (χ4v) is 25.9. The number of nitrogens with two attached hydrogens (primary N) is 3. The number of anilines is 3. The van der Waals surface area contributed by atoms with Gasteiger partial charge in [0.05, 0.1) is 71.3 Å². The van der Waals surface area contributed by atoms with Crippen LogP contribution in [0.5, 0.6) is 0 Å². The van der Waals surface area contributed by atoms with Crippen molar-refractivity contribution < 1.29 is 140 Å². The van der Waals surface area contributed by atoms with Crippen molar-refractivity contribution in [2.24, 2.45) is 0 Å². The van der Waals surface area contributed by atoms with Gasteiger partial charge in [-0.25, -0.2) is 47.6 Å². The second kappa shape index (κ2) is 37.1. The van der Waals surface area contributed by atoms with Gasteiger partial charge < -0.3 is 118 Å². The number of nitrogens with one attached hydrogen (secondary N) is 5. The normalized spacial score (nSPS) is 36.7. The summed E-state index contributed by atoms with van der Waals surface area (Å²) in [4.78, 5) is 179. The number of imidazole rings is 6. The molecule has 6 bridgehead atoms. The third-order valence-electron chi connectivity index (χ3n) is 23.5. The predicted molar refractivity (Wildman–Crippen MR) is 490 cm³/mol. The zero-order valence-electron chi connectivity index (χ0n) is 70.1. The van der Waals surface area contributed by atoms with E-state index in [1.807, 2.05) is 0 Å². The molecule has 14 aromatic heterocycles. The van der Waals surface area contributed by atoms with E-state index in [4.69, 9.17) is 159 Å². The highest BCUT2D eigenvalue weighted by atomic mass is 32.7. The minimum Gasteiger partial charge on any atom is -0.386 e. The van der Waals surface area contributed by atoms with E-state index in [1.165, 1.54) is 64.5 Å². The molecule has 0 spiro atoms. The molecule has 30 atom stereocenters.